The molecule has 1 heterocycles. The van der Waals surface area contributed by atoms with Crippen molar-refractivity contribution in [2.24, 2.45) is 0 Å². The van der Waals surface area contributed by atoms with Gasteiger partial charge in [0.2, 0.25) is 0 Å². The summed E-state index contributed by atoms with van der Waals surface area (Å²) in [5, 5.41) is 11.6. The summed E-state index contributed by atoms with van der Waals surface area (Å²) >= 11 is 3.33. The summed E-state index contributed by atoms with van der Waals surface area (Å²) in [4.78, 5) is 8.52. The van der Waals surface area contributed by atoms with Crippen molar-refractivity contribution in [3.63, 3.8) is 0 Å². The van der Waals surface area contributed by atoms with Gasteiger partial charge >= 0.3 is 0 Å². The van der Waals surface area contributed by atoms with Crippen molar-refractivity contribution in [1.29, 1.82) is 0 Å². The van der Waals surface area contributed by atoms with Crippen molar-refractivity contribution in [2.75, 3.05) is 31.7 Å². The van der Waals surface area contributed by atoms with E-state index in [0.29, 0.717) is 19.8 Å². The smallest absolute Gasteiger partial charge is 0.131 e. The molecule has 1 rings (SSSR count). The van der Waals surface area contributed by atoms with E-state index in [-0.39, 0.29) is 6.61 Å². The van der Waals surface area contributed by atoms with Gasteiger partial charge in [-0.25, -0.2) is 9.97 Å². The van der Waals surface area contributed by atoms with Crippen molar-refractivity contribution in [1.82, 2.24) is 9.97 Å². The lowest BCUT2D eigenvalue weighted by atomic mass is 10.4. The van der Waals surface area contributed by atoms with Crippen molar-refractivity contribution >= 4 is 21.7 Å². The molecule has 0 radical (unpaired) electrons. The zero-order valence-corrected chi connectivity index (χ0v) is 10.8. The molecule has 90 valence electrons. The Labute approximate surface area is 103 Å². The van der Waals surface area contributed by atoms with Crippen LogP contribution in [0.3, 0.4) is 0 Å². The van der Waals surface area contributed by atoms with Crippen molar-refractivity contribution in [2.45, 2.75) is 13.3 Å². The third-order valence-corrected chi connectivity index (χ3v) is 2.25. The van der Waals surface area contributed by atoms with Gasteiger partial charge in [-0.1, -0.05) is 6.92 Å². The average molecular weight is 290 g/mol. The van der Waals surface area contributed by atoms with Gasteiger partial charge in [0.05, 0.1) is 19.8 Å². The molecule has 0 atom stereocenters. The number of hydrogen-bond donors (Lipinski definition) is 2. The van der Waals surface area contributed by atoms with E-state index in [2.05, 4.69) is 31.2 Å². The van der Waals surface area contributed by atoms with Gasteiger partial charge in [-0.15, -0.1) is 0 Å². The maximum Gasteiger partial charge on any atom is 0.131 e. The Morgan fingerprint density at radius 2 is 2.25 bits per heavy atom. The van der Waals surface area contributed by atoms with Gasteiger partial charge < -0.3 is 15.2 Å². The number of nitrogens with zero attached hydrogens (tertiary/aromatic N) is 2. The number of nitrogens with one attached hydrogen (secondary N) is 1. The number of rotatable bonds is 7. The highest BCUT2D eigenvalue weighted by Crippen LogP contribution is 2.12. The predicted molar refractivity (Wildman–Crippen MR) is 65.5 cm³/mol. The zero-order chi connectivity index (χ0) is 11.8. The Morgan fingerprint density at radius 3 is 2.94 bits per heavy atom. The molecule has 0 saturated heterocycles. The highest BCUT2D eigenvalue weighted by Gasteiger charge is 2.00. The number of aliphatic hydroxyl groups is 1. The van der Waals surface area contributed by atoms with E-state index in [1.54, 1.807) is 0 Å². The van der Waals surface area contributed by atoms with Gasteiger partial charge in [-0.2, -0.15) is 0 Å². The molecule has 0 aromatic carbocycles. The second-order valence-electron chi connectivity index (χ2n) is 3.11. The fourth-order valence-corrected chi connectivity index (χ4v) is 1.55. The molecule has 5 nitrogen and oxygen atoms in total. The Hall–Kier alpha value is -0.720. The number of aliphatic hydroxyl groups excluding tert-OH is 1. The maximum atomic E-state index is 8.52. The van der Waals surface area contributed by atoms with Crippen LogP contribution < -0.4 is 5.32 Å². The molecular formula is C10H16BrN3O2. The quantitative estimate of drug-likeness (QED) is 0.584. The Morgan fingerprint density at radius 1 is 1.44 bits per heavy atom. The first kappa shape index (κ1) is 13.3. The van der Waals surface area contributed by atoms with Crippen LogP contribution in [0.2, 0.25) is 0 Å². The molecule has 1 aromatic rings. The van der Waals surface area contributed by atoms with Gasteiger partial charge in [0, 0.05) is 19.0 Å². The minimum atomic E-state index is 0.0546. The number of ether oxygens (including phenoxy) is 1. The molecule has 0 spiro atoms. The highest BCUT2D eigenvalue weighted by molar-refractivity contribution is 9.10. The molecule has 2 N–H and O–H groups in total. The van der Waals surface area contributed by atoms with Crippen LogP contribution >= 0.6 is 15.9 Å². The monoisotopic (exact) mass is 289 g/mol. The first-order valence-electron chi connectivity index (χ1n) is 5.22. The van der Waals surface area contributed by atoms with E-state index in [4.69, 9.17) is 9.84 Å². The zero-order valence-electron chi connectivity index (χ0n) is 9.24. The second kappa shape index (κ2) is 7.54. The molecular weight excluding hydrogens is 274 g/mol. The molecule has 0 aliphatic carbocycles. The SMILES string of the molecule is CCc1nc(Br)cc(NCCOCCO)n1. The van der Waals surface area contributed by atoms with Crippen LogP contribution in [0.25, 0.3) is 0 Å². The van der Waals surface area contributed by atoms with E-state index in [1.807, 2.05) is 13.0 Å². The van der Waals surface area contributed by atoms with E-state index in [9.17, 15) is 0 Å². The maximum absolute atomic E-state index is 8.52. The first-order valence-corrected chi connectivity index (χ1v) is 6.01. The standard InChI is InChI=1S/C10H16BrN3O2/c1-2-9-13-8(11)7-10(14-9)12-3-5-16-6-4-15/h7,15H,2-6H2,1H3,(H,12,13,14). The lowest BCUT2D eigenvalue weighted by Crippen LogP contribution is -2.12. The lowest BCUT2D eigenvalue weighted by Gasteiger charge is -2.07. The van der Waals surface area contributed by atoms with Crippen LogP contribution in [-0.4, -0.2) is 41.4 Å². The molecule has 0 bridgehead atoms. The van der Waals surface area contributed by atoms with Crippen LogP contribution in [0.15, 0.2) is 10.7 Å². The van der Waals surface area contributed by atoms with Gasteiger partial charge in [-0.3, -0.25) is 0 Å². The van der Waals surface area contributed by atoms with Crippen LogP contribution in [0.1, 0.15) is 12.7 Å². The topological polar surface area (TPSA) is 67.3 Å². The van der Waals surface area contributed by atoms with Crippen LogP contribution in [0.4, 0.5) is 5.82 Å². The number of hydrogen-bond acceptors (Lipinski definition) is 5. The summed E-state index contributed by atoms with van der Waals surface area (Å²) in [5.74, 6) is 1.58. The minimum Gasteiger partial charge on any atom is -0.394 e. The Bertz CT molecular complexity index is 323. The number of halogens is 1. The van der Waals surface area contributed by atoms with Gasteiger partial charge in [0.25, 0.3) is 0 Å². The minimum absolute atomic E-state index is 0.0546. The fraction of sp³-hybridized carbons (Fsp3) is 0.600. The number of anilines is 1. The Kier molecular flexibility index (Phi) is 6.29. The normalized spacial score (nSPS) is 10.4. The van der Waals surface area contributed by atoms with Gasteiger partial charge in [-0.05, 0) is 15.9 Å². The van der Waals surface area contributed by atoms with Crippen LogP contribution in [-0.2, 0) is 11.2 Å². The van der Waals surface area contributed by atoms with Gasteiger partial charge in [0.1, 0.15) is 16.2 Å². The van der Waals surface area contributed by atoms with E-state index in [1.165, 1.54) is 0 Å². The molecule has 0 amide bonds. The predicted octanol–water partition coefficient (Wildman–Crippen LogP) is 1.22. The molecule has 0 aliphatic heterocycles. The second-order valence-corrected chi connectivity index (χ2v) is 3.92. The third-order valence-electron chi connectivity index (χ3n) is 1.85. The number of aromatic nitrogens is 2. The summed E-state index contributed by atoms with van der Waals surface area (Å²) in [7, 11) is 0. The summed E-state index contributed by atoms with van der Waals surface area (Å²) in [5.41, 5.74) is 0. The van der Waals surface area contributed by atoms with E-state index < -0.39 is 0 Å². The molecule has 16 heavy (non-hydrogen) atoms. The Balaban J connectivity index is 2.38. The van der Waals surface area contributed by atoms with E-state index in [0.717, 1.165) is 22.7 Å². The summed E-state index contributed by atoms with van der Waals surface area (Å²) < 4.78 is 5.90. The molecule has 0 fully saturated rings. The largest absolute Gasteiger partial charge is 0.394 e. The molecule has 0 saturated carbocycles. The molecule has 1 aromatic heterocycles. The van der Waals surface area contributed by atoms with E-state index >= 15 is 0 Å². The van der Waals surface area contributed by atoms with Gasteiger partial charge in [0.15, 0.2) is 0 Å². The van der Waals surface area contributed by atoms with Crippen molar-refractivity contribution in [3.05, 3.63) is 16.5 Å². The summed E-state index contributed by atoms with van der Waals surface area (Å²) in [6.07, 6.45) is 0.801. The molecule has 0 unspecified atom stereocenters. The molecule has 6 heteroatoms. The summed E-state index contributed by atoms with van der Waals surface area (Å²) in [6.45, 7) is 3.64. The number of aryl methyl sites for hydroxylation is 1. The van der Waals surface area contributed by atoms with Crippen molar-refractivity contribution in [3.8, 4) is 0 Å². The third kappa shape index (κ3) is 4.87. The summed E-state index contributed by atoms with van der Waals surface area (Å²) in [6, 6.07) is 1.82. The van der Waals surface area contributed by atoms with Crippen LogP contribution in [0, 0.1) is 0 Å². The molecule has 0 aliphatic rings. The van der Waals surface area contributed by atoms with Crippen molar-refractivity contribution < 1.29 is 9.84 Å². The fourth-order valence-electron chi connectivity index (χ4n) is 1.13. The highest BCUT2D eigenvalue weighted by atomic mass is 79.9. The lowest BCUT2D eigenvalue weighted by molar-refractivity contribution is 0.0992. The van der Waals surface area contributed by atoms with Crippen LogP contribution in [0.5, 0.6) is 0 Å². The average Bonchev–Trinajstić information content (AvgIpc) is 2.28. The first-order chi connectivity index (χ1) is 7.76.